The van der Waals surface area contributed by atoms with Gasteiger partial charge in [-0.2, -0.15) is 13.2 Å². The number of pyridine rings is 2. The molecule has 2 aliphatic rings. The summed E-state index contributed by atoms with van der Waals surface area (Å²) in [6.45, 7) is -1.15. The summed E-state index contributed by atoms with van der Waals surface area (Å²) in [5.74, 6) is -4.72. The molecule has 3 heterocycles. The number of amides is 2. The first-order valence-electron chi connectivity index (χ1n) is 14.2. The number of ether oxygens (including phenoxy) is 2. The quantitative estimate of drug-likeness (QED) is 0.217. The highest BCUT2D eigenvalue weighted by atomic mass is 19.4. The molecule has 3 N–H and O–H groups in total. The summed E-state index contributed by atoms with van der Waals surface area (Å²) in [4.78, 5) is 34.3. The van der Waals surface area contributed by atoms with Gasteiger partial charge in [0.2, 0.25) is 5.91 Å². The van der Waals surface area contributed by atoms with E-state index in [1.54, 1.807) is 0 Å². The molecule has 1 aliphatic heterocycles. The Balaban J connectivity index is 1.40. The number of primary amides is 1. The first-order chi connectivity index (χ1) is 21.8. The topological polar surface area (TPSA) is 116 Å². The average molecular weight is 645 g/mol. The minimum atomic E-state index is -4.93. The van der Waals surface area contributed by atoms with Crippen LogP contribution in [0, 0.1) is 11.7 Å². The first-order valence-corrected chi connectivity index (χ1v) is 14.2. The molecule has 0 saturated heterocycles. The Morgan fingerprint density at radius 2 is 1.85 bits per heavy atom. The van der Waals surface area contributed by atoms with E-state index >= 15 is 0 Å². The van der Waals surface area contributed by atoms with Crippen LogP contribution in [0.2, 0.25) is 0 Å². The van der Waals surface area contributed by atoms with Gasteiger partial charge >= 0.3 is 6.18 Å². The van der Waals surface area contributed by atoms with Gasteiger partial charge in [-0.3, -0.25) is 14.6 Å². The molecule has 4 aromatic rings. The van der Waals surface area contributed by atoms with Gasteiger partial charge in [-0.05, 0) is 67.3 Å². The second-order valence-corrected chi connectivity index (χ2v) is 11.3. The predicted octanol–water partition coefficient (Wildman–Crippen LogP) is 5.98. The van der Waals surface area contributed by atoms with Crippen molar-refractivity contribution in [1.82, 2.24) is 15.3 Å². The van der Waals surface area contributed by atoms with Crippen LogP contribution in [0.25, 0.3) is 22.2 Å². The average Bonchev–Trinajstić information content (AvgIpc) is 3.79. The maximum atomic E-state index is 14.7. The largest absolute Gasteiger partial charge is 0.494 e. The molecular formula is C32H26F6N4O4. The van der Waals surface area contributed by atoms with Gasteiger partial charge in [0, 0.05) is 40.4 Å². The van der Waals surface area contributed by atoms with Crippen LogP contribution in [0.15, 0.2) is 54.7 Å². The molecule has 2 aromatic heterocycles. The Morgan fingerprint density at radius 1 is 1.13 bits per heavy atom. The van der Waals surface area contributed by atoms with Crippen LogP contribution in [-0.2, 0) is 10.2 Å². The number of nitrogens with zero attached hydrogens (tertiary/aromatic N) is 2. The minimum absolute atomic E-state index is 0.0292. The number of hydrogen-bond acceptors (Lipinski definition) is 6. The summed E-state index contributed by atoms with van der Waals surface area (Å²) in [6, 6.07) is 9.63. The molecule has 46 heavy (non-hydrogen) atoms. The number of fused-ring (bicyclic) bond motifs is 2. The van der Waals surface area contributed by atoms with E-state index in [0.29, 0.717) is 12.8 Å². The van der Waals surface area contributed by atoms with Crippen molar-refractivity contribution in [1.29, 1.82) is 0 Å². The third-order valence-corrected chi connectivity index (χ3v) is 8.47. The SMILES string of the molecule is COc1cc(C(=O)NC[C@H](c2cc3c(c(-c4ccc(F)cc4)n2)OC[C@@]3(C(N)=O)C2CC2)C(F)(F)F)cc2cc(C(F)F)cnc12. The summed E-state index contributed by atoms with van der Waals surface area (Å²) >= 11 is 0. The zero-order chi connectivity index (χ0) is 33.0. The third kappa shape index (κ3) is 5.45. The molecule has 8 nitrogen and oxygen atoms in total. The normalized spacial score (nSPS) is 18.3. The van der Waals surface area contributed by atoms with Gasteiger partial charge < -0.3 is 20.5 Å². The van der Waals surface area contributed by atoms with Crippen LogP contribution in [0.3, 0.4) is 0 Å². The van der Waals surface area contributed by atoms with Crippen molar-refractivity contribution >= 4 is 22.7 Å². The van der Waals surface area contributed by atoms with Gasteiger partial charge in [-0.1, -0.05) is 0 Å². The maximum absolute atomic E-state index is 14.7. The Labute approximate surface area is 257 Å². The Bertz CT molecular complexity index is 1850. The molecule has 2 aromatic carbocycles. The predicted molar refractivity (Wildman–Crippen MR) is 153 cm³/mol. The number of methoxy groups -OCH3 is 1. The van der Waals surface area contributed by atoms with Gasteiger partial charge in [0.15, 0.2) is 0 Å². The number of hydrogen-bond donors (Lipinski definition) is 2. The zero-order valence-electron chi connectivity index (χ0n) is 24.1. The summed E-state index contributed by atoms with van der Waals surface area (Å²) in [5, 5.41) is 2.40. The van der Waals surface area contributed by atoms with Gasteiger partial charge in [-0.25, -0.2) is 18.2 Å². The van der Waals surface area contributed by atoms with Gasteiger partial charge in [0.05, 0.1) is 12.8 Å². The van der Waals surface area contributed by atoms with Crippen LogP contribution in [0.5, 0.6) is 11.5 Å². The van der Waals surface area contributed by atoms with Crippen molar-refractivity contribution in [3.05, 3.63) is 82.9 Å². The number of carbonyl (C=O) groups excluding carboxylic acids is 2. The number of halogens is 6. The molecule has 1 aliphatic carbocycles. The summed E-state index contributed by atoms with van der Waals surface area (Å²) in [7, 11) is 1.27. The summed E-state index contributed by atoms with van der Waals surface area (Å²) < 4.78 is 95.5. The molecule has 2 amide bonds. The van der Waals surface area contributed by atoms with E-state index in [2.05, 4.69) is 15.3 Å². The van der Waals surface area contributed by atoms with Crippen LogP contribution in [0.4, 0.5) is 26.3 Å². The molecule has 0 bridgehead atoms. The zero-order valence-corrected chi connectivity index (χ0v) is 24.1. The Hall–Kier alpha value is -4.88. The van der Waals surface area contributed by atoms with Crippen molar-refractivity contribution in [2.24, 2.45) is 11.7 Å². The van der Waals surface area contributed by atoms with Crippen LogP contribution in [-0.4, -0.2) is 48.2 Å². The van der Waals surface area contributed by atoms with Crippen molar-refractivity contribution in [2.75, 3.05) is 20.3 Å². The highest BCUT2D eigenvalue weighted by molar-refractivity contribution is 6.00. The summed E-state index contributed by atoms with van der Waals surface area (Å²) in [6.07, 6.45) is -5.56. The van der Waals surface area contributed by atoms with Gasteiger partial charge in [0.1, 0.15) is 46.5 Å². The lowest BCUT2D eigenvalue weighted by Gasteiger charge is -2.26. The molecule has 0 unspecified atom stereocenters. The molecule has 14 heteroatoms. The number of carbonyl (C=O) groups is 2. The van der Waals surface area contributed by atoms with E-state index in [9.17, 15) is 35.9 Å². The van der Waals surface area contributed by atoms with E-state index in [-0.39, 0.29) is 57.3 Å². The van der Waals surface area contributed by atoms with Crippen molar-refractivity contribution < 1.29 is 45.4 Å². The third-order valence-electron chi connectivity index (χ3n) is 8.47. The van der Waals surface area contributed by atoms with Crippen LogP contribution >= 0.6 is 0 Å². The van der Waals surface area contributed by atoms with E-state index in [0.717, 1.165) is 30.5 Å². The molecule has 0 radical (unpaired) electrons. The fourth-order valence-corrected chi connectivity index (χ4v) is 5.92. The highest BCUT2D eigenvalue weighted by Crippen LogP contribution is 2.55. The van der Waals surface area contributed by atoms with E-state index < -0.39 is 59.4 Å². The number of benzene rings is 2. The van der Waals surface area contributed by atoms with Gasteiger partial charge in [-0.15, -0.1) is 0 Å². The fraction of sp³-hybridized carbons (Fsp3) is 0.312. The van der Waals surface area contributed by atoms with E-state index in [1.165, 1.54) is 31.4 Å². The lowest BCUT2D eigenvalue weighted by molar-refractivity contribution is -0.149. The fourth-order valence-electron chi connectivity index (χ4n) is 5.92. The van der Waals surface area contributed by atoms with Gasteiger partial charge in [0.25, 0.3) is 12.3 Å². The standard InChI is InChI=1S/C32H26F6N4O4/c1-45-24-10-17(8-16-9-18(28(34)35)12-40-25(16)24)29(43)41-13-22(32(36,37)38)23-11-21-27(26(42-23)15-2-6-20(33)7-3-15)46-14-31(21,30(39)44)19-4-5-19/h2-3,6-12,19,22,28H,4-5,13-14H2,1H3,(H2,39,44)(H,41,43)/t22-,31-/m1/s1. The Kier molecular flexibility index (Phi) is 7.77. The lowest BCUT2D eigenvalue weighted by atomic mass is 9.76. The van der Waals surface area contributed by atoms with Crippen LogP contribution < -0.4 is 20.5 Å². The van der Waals surface area contributed by atoms with Crippen molar-refractivity contribution in [3.8, 4) is 22.8 Å². The number of nitrogens with one attached hydrogen (secondary N) is 1. The van der Waals surface area contributed by atoms with E-state index in [4.69, 9.17) is 15.2 Å². The monoisotopic (exact) mass is 644 g/mol. The molecule has 240 valence electrons. The summed E-state index contributed by atoms with van der Waals surface area (Å²) in [5.41, 5.74) is 3.95. The number of rotatable bonds is 9. The molecule has 1 saturated carbocycles. The molecular weight excluding hydrogens is 618 g/mol. The molecule has 1 fully saturated rings. The lowest BCUT2D eigenvalue weighted by Crippen LogP contribution is -2.45. The second-order valence-electron chi connectivity index (χ2n) is 11.3. The number of aromatic nitrogens is 2. The Morgan fingerprint density at radius 3 is 2.46 bits per heavy atom. The number of nitrogens with two attached hydrogens (primary N) is 1. The molecule has 6 rings (SSSR count). The number of alkyl halides is 5. The molecule has 0 spiro atoms. The van der Waals surface area contributed by atoms with Crippen molar-refractivity contribution in [3.63, 3.8) is 0 Å². The smallest absolute Gasteiger partial charge is 0.398 e. The highest BCUT2D eigenvalue weighted by Gasteiger charge is 2.57. The minimum Gasteiger partial charge on any atom is -0.494 e. The second kappa shape index (κ2) is 11.5. The van der Waals surface area contributed by atoms with Crippen molar-refractivity contribution in [2.45, 2.75) is 36.8 Å². The maximum Gasteiger partial charge on any atom is 0.398 e. The van der Waals surface area contributed by atoms with E-state index in [1.807, 2.05) is 0 Å². The first kappa shape index (κ1) is 31.1. The van der Waals surface area contributed by atoms with Crippen LogP contribution in [0.1, 0.15) is 52.4 Å². The molecule has 2 atom stereocenters.